The molecule has 2 rings (SSSR count). The van der Waals surface area contributed by atoms with Crippen LogP contribution >= 0.6 is 46.7 Å². The molecule has 2 heterocycles. The van der Waals surface area contributed by atoms with Crippen molar-refractivity contribution < 1.29 is 8.42 Å². The Balaban J connectivity index is 0.00000392. The van der Waals surface area contributed by atoms with Crippen LogP contribution in [0.4, 0.5) is 0 Å². The van der Waals surface area contributed by atoms with Gasteiger partial charge in [-0.25, -0.2) is 17.7 Å². The van der Waals surface area contributed by atoms with Gasteiger partial charge in [0.1, 0.15) is 4.21 Å². The highest BCUT2D eigenvalue weighted by Gasteiger charge is 2.19. The largest absolute Gasteiger partial charge is 0.357 e. The Hall–Kier alpha value is -0.690. The molecule has 2 aromatic rings. The molecule has 0 radical (unpaired) electrons. The van der Waals surface area contributed by atoms with E-state index in [-0.39, 0.29) is 24.0 Å². The number of hydrogen-bond acceptors (Lipinski definition) is 5. The average molecular weight is 557 g/mol. The smallest absolute Gasteiger partial charge is 0.252 e. The SMILES string of the molecule is CCNC(=NCc1ccc(S(=O)(=O)N(C)C)s1)NCC(C)Cc1cccs1.I. The Labute approximate surface area is 193 Å². The van der Waals surface area contributed by atoms with Gasteiger partial charge in [-0.2, -0.15) is 0 Å². The van der Waals surface area contributed by atoms with Crippen LogP contribution in [0.2, 0.25) is 0 Å². The fraction of sp³-hybridized carbons (Fsp3) is 0.500. The van der Waals surface area contributed by atoms with E-state index < -0.39 is 10.0 Å². The lowest BCUT2D eigenvalue weighted by molar-refractivity contribution is 0.523. The Morgan fingerprint density at radius 3 is 2.57 bits per heavy atom. The van der Waals surface area contributed by atoms with Crippen molar-refractivity contribution in [2.45, 2.75) is 31.0 Å². The molecule has 1 atom stereocenters. The molecule has 0 fully saturated rings. The number of nitrogens with zero attached hydrogens (tertiary/aromatic N) is 2. The third-order valence-electron chi connectivity index (χ3n) is 3.86. The first-order valence-electron chi connectivity index (χ1n) is 8.88. The molecule has 1 unspecified atom stereocenters. The van der Waals surface area contributed by atoms with Crippen LogP contribution in [-0.2, 0) is 23.0 Å². The molecule has 0 spiro atoms. The molecule has 2 N–H and O–H groups in total. The fourth-order valence-corrected chi connectivity index (χ4v) is 5.69. The summed E-state index contributed by atoms with van der Waals surface area (Å²) in [6.07, 6.45) is 1.04. The maximum atomic E-state index is 12.2. The number of halogens is 1. The molecule has 6 nitrogen and oxygen atoms in total. The number of aliphatic imine (C=N–C) groups is 1. The van der Waals surface area contributed by atoms with Crippen molar-refractivity contribution in [3.63, 3.8) is 0 Å². The summed E-state index contributed by atoms with van der Waals surface area (Å²) in [5.74, 6) is 1.24. The van der Waals surface area contributed by atoms with Crippen LogP contribution in [0, 0.1) is 5.92 Å². The molecule has 0 saturated carbocycles. The number of thiophene rings is 2. The van der Waals surface area contributed by atoms with Crippen LogP contribution in [0.3, 0.4) is 0 Å². The highest BCUT2D eigenvalue weighted by molar-refractivity contribution is 14.0. The predicted molar refractivity (Wildman–Crippen MR) is 131 cm³/mol. The van der Waals surface area contributed by atoms with Crippen LogP contribution < -0.4 is 10.6 Å². The molecule has 158 valence electrons. The summed E-state index contributed by atoms with van der Waals surface area (Å²) in [6.45, 7) is 6.29. The fourth-order valence-electron chi connectivity index (χ4n) is 2.38. The zero-order chi connectivity index (χ0) is 19.9. The van der Waals surface area contributed by atoms with E-state index in [0.717, 1.165) is 30.3 Å². The van der Waals surface area contributed by atoms with E-state index in [4.69, 9.17) is 0 Å². The Morgan fingerprint density at radius 1 is 1.21 bits per heavy atom. The summed E-state index contributed by atoms with van der Waals surface area (Å²) in [7, 11) is -0.300. The minimum absolute atomic E-state index is 0. The number of rotatable bonds is 9. The van der Waals surface area contributed by atoms with E-state index in [9.17, 15) is 8.42 Å². The third kappa shape index (κ3) is 7.62. The van der Waals surface area contributed by atoms with Crippen molar-refractivity contribution in [3.8, 4) is 0 Å². The summed E-state index contributed by atoms with van der Waals surface area (Å²) in [6, 6.07) is 7.72. The van der Waals surface area contributed by atoms with E-state index in [0.29, 0.717) is 16.7 Å². The van der Waals surface area contributed by atoms with Crippen molar-refractivity contribution >= 4 is 62.6 Å². The van der Waals surface area contributed by atoms with Gasteiger partial charge < -0.3 is 10.6 Å². The van der Waals surface area contributed by atoms with Crippen LogP contribution in [0.5, 0.6) is 0 Å². The van der Waals surface area contributed by atoms with Gasteiger partial charge in [0.15, 0.2) is 5.96 Å². The minimum Gasteiger partial charge on any atom is -0.357 e. The first-order valence-corrected chi connectivity index (χ1v) is 12.0. The quantitative estimate of drug-likeness (QED) is 0.281. The maximum Gasteiger partial charge on any atom is 0.252 e. The number of guanidine groups is 1. The van der Waals surface area contributed by atoms with Crippen molar-refractivity contribution in [2.75, 3.05) is 27.2 Å². The second-order valence-electron chi connectivity index (χ2n) is 6.47. The van der Waals surface area contributed by atoms with Crippen molar-refractivity contribution in [1.29, 1.82) is 0 Å². The van der Waals surface area contributed by atoms with Gasteiger partial charge in [-0.15, -0.1) is 46.7 Å². The zero-order valence-corrected chi connectivity index (χ0v) is 21.4. The van der Waals surface area contributed by atoms with Crippen molar-refractivity contribution in [1.82, 2.24) is 14.9 Å². The first-order chi connectivity index (χ1) is 12.8. The number of hydrogen-bond donors (Lipinski definition) is 2. The molecule has 0 aliphatic carbocycles. The van der Waals surface area contributed by atoms with E-state index in [2.05, 4.69) is 40.1 Å². The standard InChI is InChI=1S/C18H28N4O2S3.HI/c1-5-19-18(20-12-14(2)11-15-7-6-10-25-15)21-13-16-8-9-17(26-16)27(23,24)22(3)4;/h6-10,14H,5,11-13H2,1-4H3,(H2,19,20,21);1H. The normalized spacial score (nSPS) is 13.2. The highest BCUT2D eigenvalue weighted by atomic mass is 127. The monoisotopic (exact) mass is 556 g/mol. The lowest BCUT2D eigenvalue weighted by atomic mass is 10.1. The lowest BCUT2D eigenvalue weighted by Crippen LogP contribution is -2.39. The van der Waals surface area contributed by atoms with Crippen LogP contribution in [-0.4, -0.2) is 45.9 Å². The van der Waals surface area contributed by atoms with Gasteiger partial charge in [0.05, 0.1) is 6.54 Å². The number of nitrogens with one attached hydrogen (secondary N) is 2. The summed E-state index contributed by atoms with van der Waals surface area (Å²) in [4.78, 5) is 6.90. The summed E-state index contributed by atoms with van der Waals surface area (Å²) >= 11 is 3.05. The average Bonchev–Trinajstić information content (AvgIpc) is 3.29. The van der Waals surface area contributed by atoms with Gasteiger partial charge >= 0.3 is 0 Å². The second-order valence-corrected chi connectivity index (χ2v) is 11.1. The van der Waals surface area contributed by atoms with E-state index in [1.54, 1.807) is 17.4 Å². The van der Waals surface area contributed by atoms with Crippen LogP contribution in [0.1, 0.15) is 23.6 Å². The third-order valence-corrected chi connectivity index (χ3v) is 8.11. The predicted octanol–water partition coefficient (Wildman–Crippen LogP) is 3.61. The van der Waals surface area contributed by atoms with E-state index in [1.165, 1.54) is 34.6 Å². The molecular weight excluding hydrogens is 527 g/mol. The van der Waals surface area contributed by atoms with E-state index in [1.807, 2.05) is 13.0 Å². The molecule has 0 aliphatic rings. The summed E-state index contributed by atoms with van der Waals surface area (Å²) in [5.41, 5.74) is 0. The minimum atomic E-state index is -3.38. The van der Waals surface area contributed by atoms with Gasteiger partial charge in [-0.05, 0) is 42.8 Å². The maximum absolute atomic E-state index is 12.2. The van der Waals surface area contributed by atoms with Crippen LogP contribution in [0.15, 0.2) is 38.8 Å². The van der Waals surface area contributed by atoms with Crippen LogP contribution in [0.25, 0.3) is 0 Å². The Morgan fingerprint density at radius 2 is 1.96 bits per heavy atom. The van der Waals surface area contributed by atoms with Gasteiger partial charge in [0.25, 0.3) is 10.0 Å². The topological polar surface area (TPSA) is 73.8 Å². The Kier molecular flexibility index (Phi) is 11.0. The molecule has 0 aromatic carbocycles. The van der Waals surface area contributed by atoms with Gasteiger partial charge in [0, 0.05) is 36.9 Å². The van der Waals surface area contributed by atoms with Gasteiger partial charge in [-0.1, -0.05) is 13.0 Å². The first kappa shape index (κ1) is 25.3. The molecule has 0 aliphatic heterocycles. The molecule has 0 saturated heterocycles. The second kappa shape index (κ2) is 12.1. The Bertz CT molecular complexity index is 833. The van der Waals surface area contributed by atoms with E-state index >= 15 is 0 Å². The number of sulfonamides is 1. The molecular formula is C18H29IN4O2S3. The molecule has 0 bridgehead atoms. The molecule has 28 heavy (non-hydrogen) atoms. The van der Waals surface area contributed by atoms with Crippen molar-refractivity contribution in [2.24, 2.45) is 10.9 Å². The lowest BCUT2D eigenvalue weighted by Gasteiger charge is -2.15. The highest BCUT2D eigenvalue weighted by Crippen LogP contribution is 2.24. The molecule has 0 amide bonds. The molecule has 10 heteroatoms. The molecule has 2 aromatic heterocycles. The van der Waals surface area contributed by atoms with Gasteiger partial charge in [-0.3, -0.25) is 0 Å². The van der Waals surface area contributed by atoms with Crippen molar-refractivity contribution in [3.05, 3.63) is 39.4 Å². The van der Waals surface area contributed by atoms with Gasteiger partial charge in [0.2, 0.25) is 0 Å². The summed E-state index contributed by atoms with van der Waals surface area (Å²) < 4.78 is 25.9. The zero-order valence-electron chi connectivity index (χ0n) is 16.6. The summed E-state index contributed by atoms with van der Waals surface area (Å²) in [5, 5.41) is 8.73.